The molecule has 0 fully saturated rings. The second kappa shape index (κ2) is 7.10. The van der Waals surface area contributed by atoms with Crippen molar-refractivity contribution in [1.29, 1.82) is 0 Å². The van der Waals surface area contributed by atoms with Crippen molar-refractivity contribution in [2.45, 2.75) is 6.92 Å². The molecule has 0 aromatic heterocycles. The van der Waals surface area contributed by atoms with Crippen LogP contribution in [0.15, 0.2) is 53.0 Å². The molecule has 0 aliphatic carbocycles. The van der Waals surface area contributed by atoms with E-state index in [4.69, 9.17) is 9.47 Å². The Bertz CT molecular complexity index is 579. The van der Waals surface area contributed by atoms with Crippen molar-refractivity contribution >= 4 is 21.7 Å². The van der Waals surface area contributed by atoms with E-state index in [1.165, 1.54) is 6.92 Å². The van der Waals surface area contributed by atoms with Gasteiger partial charge in [0.05, 0.1) is 5.56 Å². The standard InChI is InChI=1S/C16H15BrO3/c1-12(18)15-4-2-3-5-16(15)20-11-10-19-14-8-6-13(17)7-9-14/h2-9H,10-11H2,1H3. The molecule has 0 N–H and O–H groups in total. The Morgan fingerprint density at radius 3 is 2.35 bits per heavy atom. The minimum absolute atomic E-state index is 0.00516. The molecule has 0 atom stereocenters. The Morgan fingerprint density at radius 2 is 1.65 bits per heavy atom. The lowest BCUT2D eigenvalue weighted by atomic mass is 10.1. The molecule has 104 valence electrons. The third-order valence-corrected chi connectivity index (χ3v) is 3.22. The molecule has 2 rings (SSSR count). The molecule has 0 unspecified atom stereocenters. The number of carbonyl (C=O) groups excluding carboxylic acids is 1. The summed E-state index contributed by atoms with van der Waals surface area (Å²) < 4.78 is 12.2. The van der Waals surface area contributed by atoms with Gasteiger partial charge < -0.3 is 9.47 Å². The molecule has 0 radical (unpaired) electrons. The summed E-state index contributed by atoms with van der Waals surface area (Å²) in [4.78, 5) is 11.4. The molecule has 2 aromatic carbocycles. The predicted molar refractivity (Wildman–Crippen MR) is 81.6 cm³/mol. The Labute approximate surface area is 126 Å². The van der Waals surface area contributed by atoms with Crippen molar-refractivity contribution in [2.75, 3.05) is 13.2 Å². The summed E-state index contributed by atoms with van der Waals surface area (Å²) in [6.07, 6.45) is 0. The normalized spacial score (nSPS) is 10.1. The first-order valence-corrected chi connectivity index (χ1v) is 7.07. The van der Waals surface area contributed by atoms with Crippen LogP contribution in [0.5, 0.6) is 11.5 Å². The highest BCUT2D eigenvalue weighted by Gasteiger charge is 2.06. The first-order valence-electron chi connectivity index (χ1n) is 6.28. The Balaban J connectivity index is 1.84. The molecule has 0 saturated carbocycles. The zero-order chi connectivity index (χ0) is 14.4. The van der Waals surface area contributed by atoms with Gasteiger partial charge in [0, 0.05) is 4.47 Å². The lowest BCUT2D eigenvalue weighted by molar-refractivity contribution is 0.101. The SMILES string of the molecule is CC(=O)c1ccccc1OCCOc1ccc(Br)cc1. The van der Waals surface area contributed by atoms with Crippen LogP contribution in [0.1, 0.15) is 17.3 Å². The fraction of sp³-hybridized carbons (Fsp3) is 0.188. The summed E-state index contributed by atoms with van der Waals surface area (Å²) in [6, 6.07) is 14.8. The van der Waals surface area contributed by atoms with Gasteiger partial charge in [-0.1, -0.05) is 28.1 Å². The van der Waals surface area contributed by atoms with Gasteiger partial charge >= 0.3 is 0 Å². The summed E-state index contributed by atoms with van der Waals surface area (Å²) in [7, 11) is 0. The predicted octanol–water partition coefficient (Wildman–Crippen LogP) is 4.11. The molecule has 3 nitrogen and oxygen atoms in total. The van der Waals surface area contributed by atoms with Gasteiger partial charge in [0.1, 0.15) is 24.7 Å². The molecule has 2 aromatic rings. The van der Waals surface area contributed by atoms with Crippen molar-refractivity contribution in [3.05, 3.63) is 58.6 Å². The van der Waals surface area contributed by atoms with Crippen LogP contribution in [-0.2, 0) is 0 Å². The number of carbonyl (C=O) groups is 1. The number of para-hydroxylation sites is 1. The molecule has 0 bridgehead atoms. The van der Waals surface area contributed by atoms with Gasteiger partial charge in [-0.05, 0) is 43.3 Å². The highest BCUT2D eigenvalue weighted by molar-refractivity contribution is 9.10. The summed E-state index contributed by atoms with van der Waals surface area (Å²) in [6.45, 7) is 2.34. The van der Waals surface area contributed by atoms with Crippen LogP contribution >= 0.6 is 15.9 Å². The maximum atomic E-state index is 11.4. The van der Waals surface area contributed by atoms with Crippen LogP contribution in [0, 0.1) is 0 Å². The quantitative estimate of drug-likeness (QED) is 0.589. The van der Waals surface area contributed by atoms with E-state index in [1.54, 1.807) is 12.1 Å². The smallest absolute Gasteiger partial charge is 0.163 e. The third-order valence-electron chi connectivity index (χ3n) is 2.69. The van der Waals surface area contributed by atoms with Crippen LogP contribution in [-0.4, -0.2) is 19.0 Å². The van der Waals surface area contributed by atoms with E-state index in [1.807, 2.05) is 36.4 Å². The second-order valence-electron chi connectivity index (χ2n) is 4.20. The molecule has 0 heterocycles. The minimum atomic E-state index is -0.00516. The Hall–Kier alpha value is -1.81. The number of ether oxygens (including phenoxy) is 2. The molecule has 0 amide bonds. The first kappa shape index (κ1) is 14.6. The second-order valence-corrected chi connectivity index (χ2v) is 5.12. The van der Waals surface area contributed by atoms with Gasteiger partial charge in [-0.15, -0.1) is 0 Å². The van der Waals surface area contributed by atoms with E-state index >= 15 is 0 Å². The lowest BCUT2D eigenvalue weighted by Crippen LogP contribution is -2.10. The van der Waals surface area contributed by atoms with Crippen molar-refractivity contribution in [3.8, 4) is 11.5 Å². The van der Waals surface area contributed by atoms with Crippen molar-refractivity contribution < 1.29 is 14.3 Å². The van der Waals surface area contributed by atoms with E-state index in [-0.39, 0.29) is 5.78 Å². The van der Waals surface area contributed by atoms with Crippen molar-refractivity contribution in [2.24, 2.45) is 0 Å². The van der Waals surface area contributed by atoms with Gasteiger partial charge in [-0.25, -0.2) is 0 Å². The number of benzene rings is 2. The van der Waals surface area contributed by atoms with E-state index < -0.39 is 0 Å². The monoisotopic (exact) mass is 334 g/mol. The van der Waals surface area contributed by atoms with Crippen molar-refractivity contribution in [1.82, 2.24) is 0 Å². The first-order chi connectivity index (χ1) is 9.66. The van der Waals surface area contributed by atoms with Gasteiger partial charge in [0.2, 0.25) is 0 Å². The maximum Gasteiger partial charge on any atom is 0.163 e. The molecule has 0 aliphatic rings. The molecular weight excluding hydrogens is 320 g/mol. The number of ketones is 1. The number of rotatable bonds is 6. The lowest BCUT2D eigenvalue weighted by Gasteiger charge is -2.10. The van der Waals surface area contributed by atoms with Crippen LogP contribution in [0.25, 0.3) is 0 Å². The number of hydrogen-bond acceptors (Lipinski definition) is 3. The summed E-state index contributed by atoms with van der Waals surface area (Å²) in [5.74, 6) is 1.38. The average molecular weight is 335 g/mol. The fourth-order valence-corrected chi connectivity index (χ4v) is 1.99. The average Bonchev–Trinajstić information content (AvgIpc) is 2.46. The molecule has 4 heteroatoms. The van der Waals surface area contributed by atoms with Crippen LogP contribution in [0.2, 0.25) is 0 Å². The number of halogens is 1. The van der Waals surface area contributed by atoms with Crippen LogP contribution in [0.3, 0.4) is 0 Å². The zero-order valence-corrected chi connectivity index (χ0v) is 12.7. The summed E-state index contributed by atoms with van der Waals surface area (Å²) in [5, 5.41) is 0. The Morgan fingerprint density at radius 1 is 1.00 bits per heavy atom. The minimum Gasteiger partial charge on any atom is -0.490 e. The largest absolute Gasteiger partial charge is 0.490 e. The summed E-state index contributed by atoms with van der Waals surface area (Å²) >= 11 is 3.37. The van der Waals surface area contributed by atoms with Crippen LogP contribution in [0.4, 0.5) is 0 Å². The van der Waals surface area contributed by atoms with Crippen LogP contribution < -0.4 is 9.47 Å². The molecular formula is C16H15BrO3. The summed E-state index contributed by atoms with van der Waals surface area (Å²) in [5.41, 5.74) is 0.594. The maximum absolute atomic E-state index is 11.4. The Kier molecular flexibility index (Phi) is 5.18. The molecule has 0 saturated heterocycles. The third kappa shape index (κ3) is 4.10. The molecule has 0 aliphatic heterocycles. The van der Waals surface area contributed by atoms with Gasteiger partial charge in [-0.2, -0.15) is 0 Å². The number of hydrogen-bond donors (Lipinski definition) is 0. The number of Topliss-reactive ketones (excluding diaryl/α,β-unsaturated/α-hetero) is 1. The van der Waals surface area contributed by atoms with E-state index in [0.29, 0.717) is 24.5 Å². The van der Waals surface area contributed by atoms with E-state index in [0.717, 1.165) is 10.2 Å². The highest BCUT2D eigenvalue weighted by atomic mass is 79.9. The molecule has 20 heavy (non-hydrogen) atoms. The van der Waals surface area contributed by atoms with Gasteiger partial charge in [0.15, 0.2) is 5.78 Å². The van der Waals surface area contributed by atoms with E-state index in [2.05, 4.69) is 15.9 Å². The fourth-order valence-electron chi connectivity index (χ4n) is 1.73. The van der Waals surface area contributed by atoms with Crippen molar-refractivity contribution in [3.63, 3.8) is 0 Å². The van der Waals surface area contributed by atoms with E-state index in [9.17, 15) is 4.79 Å². The highest BCUT2D eigenvalue weighted by Crippen LogP contribution is 2.19. The van der Waals surface area contributed by atoms with Gasteiger partial charge in [-0.3, -0.25) is 4.79 Å². The zero-order valence-electron chi connectivity index (χ0n) is 11.1. The topological polar surface area (TPSA) is 35.5 Å². The van der Waals surface area contributed by atoms with Gasteiger partial charge in [0.25, 0.3) is 0 Å². The molecule has 0 spiro atoms.